The van der Waals surface area contributed by atoms with Crippen molar-refractivity contribution in [3.8, 4) is 17.3 Å². The lowest BCUT2D eigenvalue weighted by atomic mass is 10.1. The van der Waals surface area contributed by atoms with Crippen molar-refractivity contribution < 1.29 is 22.6 Å². The Balaban J connectivity index is 1.49. The van der Waals surface area contributed by atoms with Crippen LogP contribution in [0.15, 0.2) is 48.7 Å². The van der Waals surface area contributed by atoms with Crippen LogP contribution in [-0.4, -0.2) is 69.6 Å². The summed E-state index contributed by atoms with van der Waals surface area (Å²) in [6, 6.07) is 10.2. The van der Waals surface area contributed by atoms with Gasteiger partial charge >= 0.3 is 6.18 Å². The lowest BCUT2D eigenvalue weighted by Crippen LogP contribution is -2.38. The van der Waals surface area contributed by atoms with E-state index in [1.165, 1.54) is 17.2 Å². The van der Waals surface area contributed by atoms with Crippen LogP contribution >= 0.6 is 0 Å². The molecule has 4 heterocycles. The smallest absolute Gasteiger partial charge is 0.408 e. The molecule has 1 fully saturated rings. The zero-order valence-electron chi connectivity index (χ0n) is 19.8. The van der Waals surface area contributed by atoms with E-state index in [9.17, 15) is 13.2 Å². The topological polar surface area (TPSA) is 90.8 Å². The fourth-order valence-electron chi connectivity index (χ4n) is 4.57. The highest BCUT2D eigenvalue weighted by Gasteiger charge is 2.46. The molecule has 1 aromatic carbocycles. The molecule has 0 spiro atoms. The van der Waals surface area contributed by atoms with Crippen molar-refractivity contribution in [2.75, 3.05) is 32.9 Å². The van der Waals surface area contributed by atoms with Crippen molar-refractivity contribution in [1.29, 1.82) is 0 Å². The van der Waals surface area contributed by atoms with Crippen molar-refractivity contribution in [1.82, 2.24) is 24.5 Å². The van der Waals surface area contributed by atoms with Gasteiger partial charge in [-0.15, -0.1) is 10.2 Å². The minimum Gasteiger partial charge on any atom is -0.491 e. The first kappa shape index (κ1) is 24.4. The Bertz CT molecular complexity index is 1360. The number of nitrogens with two attached hydrogens (primary N) is 1. The van der Waals surface area contributed by atoms with Crippen LogP contribution in [-0.2, 0) is 4.74 Å². The van der Waals surface area contributed by atoms with Crippen LogP contribution in [0.25, 0.3) is 28.1 Å². The van der Waals surface area contributed by atoms with Gasteiger partial charge in [0.25, 0.3) is 0 Å². The zero-order valence-corrected chi connectivity index (χ0v) is 19.8. The summed E-state index contributed by atoms with van der Waals surface area (Å²) in [6.07, 6.45) is -2.47. The molecule has 2 atom stereocenters. The van der Waals surface area contributed by atoms with Crippen molar-refractivity contribution in [3.05, 3.63) is 54.2 Å². The summed E-state index contributed by atoms with van der Waals surface area (Å²) in [7, 11) is 0. The molecule has 5 rings (SSSR count). The molecule has 3 aromatic heterocycles. The average Bonchev–Trinajstić information content (AvgIpc) is 3.46. The first-order valence-corrected chi connectivity index (χ1v) is 11.9. The highest BCUT2D eigenvalue weighted by Crippen LogP contribution is 2.39. The Morgan fingerprint density at radius 1 is 1.11 bits per heavy atom. The summed E-state index contributed by atoms with van der Waals surface area (Å²) in [5, 5.41) is 9.26. The molecule has 1 saturated heterocycles. The van der Waals surface area contributed by atoms with Gasteiger partial charge in [0.05, 0.1) is 12.1 Å². The third-order valence-corrected chi connectivity index (χ3v) is 6.27. The monoisotopic (exact) mass is 500 g/mol. The first-order valence-electron chi connectivity index (χ1n) is 11.9. The summed E-state index contributed by atoms with van der Waals surface area (Å²) >= 11 is 0. The van der Waals surface area contributed by atoms with Crippen LogP contribution in [0.1, 0.15) is 24.9 Å². The van der Waals surface area contributed by atoms with Crippen molar-refractivity contribution in [2.45, 2.75) is 31.6 Å². The second-order valence-corrected chi connectivity index (χ2v) is 8.80. The predicted octanol–water partition coefficient (Wildman–Crippen LogP) is 4.00. The minimum atomic E-state index is -4.45. The maximum atomic E-state index is 14.1. The van der Waals surface area contributed by atoms with E-state index in [1.54, 1.807) is 16.5 Å². The quantitative estimate of drug-likeness (QED) is 0.366. The number of aromatic nitrogens is 4. The lowest BCUT2D eigenvalue weighted by molar-refractivity contribution is -0.183. The molecule has 190 valence electrons. The van der Waals surface area contributed by atoms with Gasteiger partial charge in [-0.05, 0) is 43.2 Å². The predicted molar refractivity (Wildman–Crippen MR) is 129 cm³/mol. The van der Waals surface area contributed by atoms with Crippen LogP contribution in [0.3, 0.4) is 0 Å². The number of likely N-dealkylation sites (tertiary alicyclic amines) is 1. The molecule has 0 saturated carbocycles. The maximum absolute atomic E-state index is 14.1. The fourth-order valence-corrected chi connectivity index (χ4v) is 4.57. The molecule has 0 amide bonds. The Morgan fingerprint density at radius 3 is 2.69 bits per heavy atom. The third kappa shape index (κ3) is 4.99. The van der Waals surface area contributed by atoms with Gasteiger partial charge in [-0.25, -0.2) is 4.98 Å². The van der Waals surface area contributed by atoms with E-state index < -0.39 is 12.2 Å². The maximum Gasteiger partial charge on any atom is 0.408 e. The number of rotatable bonds is 8. The number of fused-ring (bicyclic) bond motifs is 2. The van der Waals surface area contributed by atoms with Gasteiger partial charge in [0.2, 0.25) is 0 Å². The van der Waals surface area contributed by atoms with E-state index in [1.807, 2.05) is 31.2 Å². The summed E-state index contributed by atoms with van der Waals surface area (Å²) in [4.78, 5) is 6.09. The Morgan fingerprint density at radius 2 is 1.94 bits per heavy atom. The van der Waals surface area contributed by atoms with E-state index in [-0.39, 0.29) is 18.2 Å². The molecule has 36 heavy (non-hydrogen) atoms. The molecule has 8 nitrogen and oxygen atoms in total. The summed E-state index contributed by atoms with van der Waals surface area (Å²) < 4.78 is 55.0. The molecule has 1 aliphatic heterocycles. The van der Waals surface area contributed by atoms with Crippen LogP contribution < -0.4 is 10.5 Å². The number of halogens is 3. The summed E-state index contributed by atoms with van der Waals surface area (Å²) in [6.45, 7) is 3.92. The number of alkyl halides is 3. The molecular formula is C25H27F3N6O2. The van der Waals surface area contributed by atoms with Crippen LogP contribution in [0, 0.1) is 0 Å². The van der Waals surface area contributed by atoms with Crippen LogP contribution in [0.5, 0.6) is 5.75 Å². The van der Waals surface area contributed by atoms with Crippen molar-refractivity contribution >= 4 is 16.6 Å². The van der Waals surface area contributed by atoms with Gasteiger partial charge in [-0.2, -0.15) is 13.2 Å². The number of hydrogen-bond donors (Lipinski definition) is 1. The van der Waals surface area contributed by atoms with Crippen LogP contribution in [0.2, 0.25) is 0 Å². The highest BCUT2D eigenvalue weighted by molar-refractivity contribution is 5.82. The zero-order chi connectivity index (χ0) is 25.3. The number of nitrogens with zero attached hydrogens (tertiary/aromatic N) is 5. The molecule has 0 bridgehead atoms. The van der Waals surface area contributed by atoms with Gasteiger partial charge in [-0.3, -0.25) is 9.30 Å². The van der Waals surface area contributed by atoms with Crippen molar-refractivity contribution in [2.24, 2.45) is 5.73 Å². The molecule has 0 unspecified atom stereocenters. The summed E-state index contributed by atoms with van der Waals surface area (Å²) in [5.41, 5.74) is 7.60. The first-order chi connectivity index (χ1) is 17.3. The van der Waals surface area contributed by atoms with E-state index >= 15 is 0 Å². The lowest BCUT2D eigenvalue weighted by Gasteiger charge is -2.30. The van der Waals surface area contributed by atoms with E-state index in [0.717, 1.165) is 5.39 Å². The number of ether oxygens (including phenoxy) is 2. The van der Waals surface area contributed by atoms with E-state index in [2.05, 4.69) is 10.2 Å². The summed E-state index contributed by atoms with van der Waals surface area (Å²) in [5.74, 6) is 1.01. The van der Waals surface area contributed by atoms with E-state index in [4.69, 9.17) is 20.2 Å². The number of pyridine rings is 2. The van der Waals surface area contributed by atoms with Gasteiger partial charge in [-0.1, -0.05) is 12.1 Å². The molecule has 1 aliphatic rings. The molecule has 11 heteroatoms. The van der Waals surface area contributed by atoms with Crippen molar-refractivity contribution in [3.63, 3.8) is 0 Å². The second-order valence-electron chi connectivity index (χ2n) is 8.80. The van der Waals surface area contributed by atoms with Gasteiger partial charge in [0.1, 0.15) is 24.1 Å². The standard InChI is InChI=1S/C25H27F3N6O2/c1-2-35-11-12-36-19-6-3-16-4-7-20(30-21(16)13-19)24-32-31-22-8-5-17(14-34(22)24)23(25(26,27)28)33-10-9-18(29)15-33/h3-8,13-14,18,23H,2,9-12,15,29H2,1H3/t18-,23+/m0/s1. The molecule has 4 aromatic rings. The van der Waals surface area contributed by atoms with Crippen LogP contribution in [0.4, 0.5) is 13.2 Å². The minimum absolute atomic E-state index is 0.107. The fraction of sp³-hybridized carbons (Fsp3) is 0.400. The highest BCUT2D eigenvalue weighted by atomic mass is 19.4. The van der Waals surface area contributed by atoms with Gasteiger partial charge in [0.15, 0.2) is 11.5 Å². The Kier molecular flexibility index (Phi) is 6.78. The Labute approximate surface area is 205 Å². The average molecular weight is 501 g/mol. The molecule has 0 radical (unpaired) electrons. The SMILES string of the molecule is CCOCCOc1ccc2ccc(-c3nnc4ccc([C@@H](N5CC[C@H](N)C5)C(F)(F)F)cn34)nc2c1. The molecule has 2 N–H and O–H groups in total. The third-order valence-electron chi connectivity index (χ3n) is 6.27. The molecule has 0 aliphatic carbocycles. The van der Waals surface area contributed by atoms with Gasteiger partial charge in [0, 0.05) is 43.4 Å². The number of hydrogen-bond acceptors (Lipinski definition) is 7. The van der Waals surface area contributed by atoms with Gasteiger partial charge < -0.3 is 15.2 Å². The normalized spacial score (nSPS) is 17.8. The number of benzene rings is 1. The Hall–Kier alpha value is -3.28. The largest absolute Gasteiger partial charge is 0.491 e. The molecular weight excluding hydrogens is 473 g/mol. The van der Waals surface area contributed by atoms with E-state index in [0.29, 0.717) is 61.2 Å². The second kappa shape index (κ2) is 10.00.